The number of para-hydroxylation sites is 1. The van der Waals surface area contributed by atoms with Gasteiger partial charge >= 0.3 is 6.18 Å². The first-order valence-corrected chi connectivity index (χ1v) is 4.39. The van der Waals surface area contributed by atoms with Crippen LogP contribution in [0.1, 0.15) is 17.2 Å². The Hall–Kier alpha value is -1.23. The van der Waals surface area contributed by atoms with Crippen molar-refractivity contribution in [2.45, 2.75) is 12.3 Å². The summed E-state index contributed by atoms with van der Waals surface area (Å²) in [6, 6.07) is 3.96. The highest BCUT2D eigenvalue weighted by atomic mass is 19.4. The van der Waals surface area contributed by atoms with Gasteiger partial charge in [0, 0.05) is 5.56 Å². The highest BCUT2D eigenvalue weighted by Gasteiger charge is 2.38. The summed E-state index contributed by atoms with van der Waals surface area (Å²) in [5.41, 5.74) is -0.287. The third kappa shape index (κ3) is 1.92. The van der Waals surface area contributed by atoms with E-state index in [0.717, 1.165) is 6.07 Å². The van der Waals surface area contributed by atoms with Crippen LogP contribution in [0.4, 0.5) is 13.2 Å². The second-order valence-electron chi connectivity index (χ2n) is 3.25. The van der Waals surface area contributed by atoms with E-state index < -0.39 is 11.7 Å². The van der Waals surface area contributed by atoms with E-state index in [0.29, 0.717) is 12.2 Å². The van der Waals surface area contributed by atoms with Crippen LogP contribution in [0.25, 0.3) is 0 Å². The predicted molar refractivity (Wildman–Crippen MR) is 46.7 cm³/mol. The Balaban J connectivity index is 2.50. The molecule has 1 aromatic rings. The lowest BCUT2D eigenvalue weighted by molar-refractivity contribution is -0.138. The average molecular weight is 218 g/mol. The van der Waals surface area contributed by atoms with Crippen molar-refractivity contribution < 1.29 is 22.6 Å². The van der Waals surface area contributed by atoms with Crippen molar-refractivity contribution in [1.82, 2.24) is 0 Å². The molecule has 0 amide bonds. The zero-order valence-electron chi connectivity index (χ0n) is 7.97. The topological polar surface area (TPSA) is 21.8 Å². The first-order chi connectivity index (χ1) is 7.04. The van der Waals surface area contributed by atoms with Gasteiger partial charge in [0.1, 0.15) is 11.9 Å². The number of epoxide rings is 1. The Labute approximate surface area is 84.6 Å². The molecular weight excluding hydrogens is 209 g/mol. The fraction of sp³-hybridized carbons (Fsp3) is 0.400. The summed E-state index contributed by atoms with van der Waals surface area (Å²) in [5.74, 6) is -0.132. The van der Waals surface area contributed by atoms with Gasteiger partial charge in [-0.1, -0.05) is 12.1 Å². The van der Waals surface area contributed by atoms with Crippen LogP contribution in [-0.4, -0.2) is 13.7 Å². The molecule has 1 heterocycles. The molecule has 1 aromatic carbocycles. The van der Waals surface area contributed by atoms with Crippen molar-refractivity contribution in [3.63, 3.8) is 0 Å². The largest absolute Gasteiger partial charge is 0.496 e. The zero-order valence-corrected chi connectivity index (χ0v) is 7.97. The maximum Gasteiger partial charge on any atom is 0.419 e. The summed E-state index contributed by atoms with van der Waals surface area (Å²) in [4.78, 5) is 0. The molecule has 2 rings (SSSR count). The number of benzene rings is 1. The van der Waals surface area contributed by atoms with Gasteiger partial charge in [0.25, 0.3) is 0 Å². The van der Waals surface area contributed by atoms with Crippen molar-refractivity contribution in [2.24, 2.45) is 0 Å². The van der Waals surface area contributed by atoms with Crippen LogP contribution in [0.3, 0.4) is 0 Å². The van der Waals surface area contributed by atoms with Crippen molar-refractivity contribution in [3.8, 4) is 5.75 Å². The molecule has 0 saturated carbocycles. The normalized spacial score (nSPS) is 20.1. The molecule has 1 aliphatic rings. The Morgan fingerprint density at radius 2 is 2.07 bits per heavy atom. The van der Waals surface area contributed by atoms with E-state index in [1.165, 1.54) is 13.2 Å². The van der Waals surface area contributed by atoms with Gasteiger partial charge in [0.15, 0.2) is 0 Å². The standard InChI is InChI=1S/C10H9F3O2/c1-14-9-6(8-5-15-8)3-2-4-7(9)10(11,12)13/h2-4,8H,5H2,1H3/t8-/m1/s1. The summed E-state index contributed by atoms with van der Waals surface area (Å²) < 4.78 is 47.5. The smallest absolute Gasteiger partial charge is 0.419 e. The van der Waals surface area contributed by atoms with Gasteiger partial charge in [-0.15, -0.1) is 0 Å². The predicted octanol–water partition coefficient (Wildman–Crippen LogP) is 2.79. The van der Waals surface area contributed by atoms with Crippen molar-refractivity contribution >= 4 is 0 Å². The summed E-state index contributed by atoms with van der Waals surface area (Å²) in [5, 5.41) is 0. The third-order valence-corrected chi connectivity index (χ3v) is 2.24. The van der Waals surface area contributed by atoms with Gasteiger partial charge in [-0.2, -0.15) is 13.2 Å². The Bertz CT molecular complexity index is 369. The van der Waals surface area contributed by atoms with Crippen LogP contribution in [0, 0.1) is 0 Å². The number of rotatable bonds is 2. The maximum atomic E-state index is 12.6. The molecule has 15 heavy (non-hydrogen) atoms. The van der Waals surface area contributed by atoms with Gasteiger partial charge in [-0.05, 0) is 6.07 Å². The van der Waals surface area contributed by atoms with Crippen LogP contribution in [0.5, 0.6) is 5.75 Å². The van der Waals surface area contributed by atoms with E-state index in [4.69, 9.17) is 9.47 Å². The van der Waals surface area contributed by atoms with Crippen LogP contribution >= 0.6 is 0 Å². The van der Waals surface area contributed by atoms with E-state index in [-0.39, 0.29) is 11.9 Å². The minimum absolute atomic E-state index is 0.132. The average Bonchev–Trinajstić information content (AvgIpc) is 2.98. The number of halogens is 3. The number of hydrogen-bond donors (Lipinski definition) is 0. The van der Waals surface area contributed by atoms with E-state index in [1.54, 1.807) is 6.07 Å². The first kappa shape index (κ1) is 10.3. The number of ether oxygens (including phenoxy) is 2. The van der Waals surface area contributed by atoms with Crippen LogP contribution in [0.15, 0.2) is 18.2 Å². The summed E-state index contributed by atoms with van der Waals surface area (Å²) in [6.45, 7) is 0.456. The molecule has 0 spiro atoms. The lowest BCUT2D eigenvalue weighted by Crippen LogP contribution is -2.08. The monoisotopic (exact) mass is 218 g/mol. The molecule has 0 aliphatic carbocycles. The maximum absolute atomic E-state index is 12.6. The van der Waals surface area contributed by atoms with Gasteiger partial charge in [0.2, 0.25) is 0 Å². The van der Waals surface area contributed by atoms with Crippen molar-refractivity contribution in [1.29, 1.82) is 0 Å². The minimum Gasteiger partial charge on any atom is -0.496 e. The molecule has 0 aromatic heterocycles. The molecule has 1 aliphatic heterocycles. The van der Waals surface area contributed by atoms with Gasteiger partial charge < -0.3 is 9.47 Å². The second kappa shape index (κ2) is 3.41. The molecule has 0 radical (unpaired) electrons. The molecular formula is C10H9F3O2. The molecule has 1 saturated heterocycles. The molecule has 2 nitrogen and oxygen atoms in total. The molecule has 1 atom stereocenters. The highest BCUT2D eigenvalue weighted by molar-refractivity contribution is 5.45. The molecule has 1 fully saturated rings. The lowest BCUT2D eigenvalue weighted by atomic mass is 10.1. The second-order valence-corrected chi connectivity index (χ2v) is 3.25. The molecule has 0 bridgehead atoms. The van der Waals surface area contributed by atoms with Crippen LogP contribution in [-0.2, 0) is 10.9 Å². The SMILES string of the molecule is COc1c([C@H]2CO2)cccc1C(F)(F)F. The molecule has 0 unspecified atom stereocenters. The molecule has 82 valence electrons. The van der Waals surface area contributed by atoms with Gasteiger partial charge in [0.05, 0.1) is 19.3 Å². The van der Waals surface area contributed by atoms with Crippen LogP contribution < -0.4 is 4.74 Å². The summed E-state index contributed by atoms with van der Waals surface area (Å²) >= 11 is 0. The van der Waals surface area contributed by atoms with Gasteiger partial charge in [-0.25, -0.2) is 0 Å². The van der Waals surface area contributed by atoms with E-state index in [2.05, 4.69) is 0 Å². The fourth-order valence-electron chi connectivity index (χ4n) is 1.49. The van der Waals surface area contributed by atoms with E-state index >= 15 is 0 Å². The number of alkyl halides is 3. The van der Waals surface area contributed by atoms with Gasteiger partial charge in [-0.3, -0.25) is 0 Å². The fourth-order valence-corrected chi connectivity index (χ4v) is 1.49. The Morgan fingerprint density at radius 1 is 1.40 bits per heavy atom. The zero-order chi connectivity index (χ0) is 11.1. The minimum atomic E-state index is -4.39. The summed E-state index contributed by atoms with van der Waals surface area (Å²) in [6.07, 6.45) is -4.64. The summed E-state index contributed by atoms with van der Waals surface area (Å²) in [7, 11) is 1.23. The quantitative estimate of drug-likeness (QED) is 0.712. The lowest BCUT2D eigenvalue weighted by Gasteiger charge is -2.14. The highest BCUT2D eigenvalue weighted by Crippen LogP contribution is 2.43. The number of hydrogen-bond acceptors (Lipinski definition) is 2. The Kier molecular flexibility index (Phi) is 2.34. The molecule has 5 heteroatoms. The Morgan fingerprint density at radius 3 is 2.53 bits per heavy atom. The van der Waals surface area contributed by atoms with Crippen molar-refractivity contribution in [3.05, 3.63) is 29.3 Å². The van der Waals surface area contributed by atoms with E-state index in [9.17, 15) is 13.2 Å². The first-order valence-electron chi connectivity index (χ1n) is 4.39. The molecule has 0 N–H and O–H groups in total. The van der Waals surface area contributed by atoms with Crippen molar-refractivity contribution in [2.75, 3.05) is 13.7 Å². The number of methoxy groups -OCH3 is 1. The third-order valence-electron chi connectivity index (χ3n) is 2.24. The van der Waals surface area contributed by atoms with E-state index in [1.807, 2.05) is 0 Å². The van der Waals surface area contributed by atoms with Crippen LogP contribution in [0.2, 0.25) is 0 Å².